The predicted octanol–water partition coefficient (Wildman–Crippen LogP) is 2.66. The van der Waals surface area contributed by atoms with Crippen LogP contribution in [0.2, 0.25) is 0 Å². The number of carbonyl (C=O) groups is 1. The highest BCUT2D eigenvalue weighted by molar-refractivity contribution is 7.89. The summed E-state index contributed by atoms with van der Waals surface area (Å²) in [5.41, 5.74) is 1.27. The van der Waals surface area contributed by atoms with Gasteiger partial charge in [-0.1, -0.05) is 12.1 Å². The van der Waals surface area contributed by atoms with E-state index in [2.05, 4.69) is 5.32 Å². The number of aryl methyl sites for hydroxylation is 1. The normalized spacial score (nSPS) is 12.5. The van der Waals surface area contributed by atoms with Crippen LogP contribution in [0.3, 0.4) is 0 Å². The minimum Gasteiger partial charge on any atom is -0.495 e. The molecule has 0 saturated carbocycles. The average molecular weight is 392 g/mol. The summed E-state index contributed by atoms with van der Waals surface area (Å²) in [5.74, 6) is 0.506. The first-order valence-corrected chi connectivity index (χ1v) is 9.74. The Morgan fingerprint density at radius 1 is 1.15 bits per heavy atom. The van der Waals surface area contributed by atoms with Gasteiger partial charge in [0.05, 0.1) is 17.7 Å². The van der Waals surface area contributed by atoms with Gasteiger partial charge >= 0.3 is 0 Å². The summed E-state index contributed by atoms with van der Waals surface area (Å²) < 4.78 is 36.6. The maximum absolute atomic E-state index is 12.5. The number of hydrogen-bond donors (Lipinski definition) is 1. The Morgan fingerprint density at radius 3 is 2.44 bits per heavy atom. The van der Waals surface area contributed by atoms with Crippen molar-refractivity contribution in [2.45, 2.75) is 24.8 Å². The summed E-state index contributed by atoms with van der Waals surface area (Å²) >= 11 is 0. The molecule has 0 bridgehead atoms. The van der Waals surface area contributed by atoms with Crippen LogP contribution in [0.1, 0.15) is 12.5 Å². The predicted molar refractivity (Wildman–Crippen MR) is 104 cm³/mol. The third-order valence-corrected chi connectivity index (χ3v) is 5.69. The Balaban J connectivity index is 2.23. The zero-order valence-corrected chi connectivity index (χ0v) is 16.8. The van der Waals surface area contributed by atoms with Crippen LogP contribution in [-0.2, 0) is 14.8 Å². The maximum Gasteiger partial charge on any atom is 0.265 e. The van der Waals surface area contributed by atoms with Crippen LogP contribution in [0.25, 0.3) is 0 Å². The second kappa shape index (κ2) is 8.41. The molecule has 7 nitrogen and oxygen atoms in total. The summed E-state index contributed by atoms with van der Waals surface area (Å²) in [6, 6.07) is 11.7. The van der Waals surface area contributed by atoms with Crippen LogP contribution in [-0.4, -0.2) is 45.9 Å². The zero-order chi connectivity index (χ0) is 20.2. The fourth-order valence-corrected chi connectivity index (χ4v) is 3.27. The van der Waals surface area contributed by atoms with E-state index in [1.54, 1.807) is 13.0 Å². The van der Waals surface area contributed by atoms with Crippen molar-refractivity contribution in [3.8, 4) is 11.5 Å². The van der Waals surface area contributed by atoms with Crippen molar-refractivity contribution >= 4 is 21.6 Å². The monoisotopic (exact) mass is 392 g/mol. The van der Waals surface area contributed by atoms with Crippen LogP contribution in [0.15, 0.2) is 47.4 Å². The first kappa shape index (κ1) is 20.7. The molecule has 2 rings (SSSR count). The summed E-state index contributed by atoms with van der Waals surface area (Å²) in [5, 5.41) is 2.68. The van der Waals surface area contributed by atoms with Crippen LogP contribution in [0.4, 0.5) is 5.69 Å². The van der Waals surface area contributed by atoms with E-state index in [1.165, 1.54) is 39.4 Å². The molecule has 27 heavy (non-hydrogen) atoms. The van der Waals surface area contributed by atoms with Crippen LogP contribution in [0, 0.1) is 6.92 Å². The number of amides is 1. The number of sulfonamides is 1. The molecule has 0 aliphatic carbocycles. The van der Waals surface area contributed by atoms with Gasteiger partial charge in [-0.05, 0) is 49.7 Å². The first-order chi connectivity index (χ1) is 12.6. The summed E-state index contributed by atoms with van der Waals surface area (Å²) in [6.45, 7) is 3.55. The molecule has 0 fully saturated rings. The molecule has 1 atom stereocenters. The van der Waals surface area contributed by atoms with E-state index in [1.807, 2.05) is 25.1 Å². The quantitative estimate of drug-likeness (QED) is 0.783. The van der Waals surface area contributed by atoms with Crippen LogP contribution < -0.4 is 14.8 Å². The molecule has 0 spiro atoms. The van der Waals surface area contributed by atoms with E-state index in [4.69, 9.17) is 9.47 Å². The van der Waals surface area contributed by atoms with Gasteiger partial charge in [0.1, 0.15) is 11.5 Å². The van der Waals surface area contributed by atoms with Crippen molar-refractivity contribution < 1.29 is 22.7 Å². The number of anilines is 1. The van der Waals surface area contributed by atoms with E-state index in [9.17, 15) is 13.2 Å². The molecule has 1 N–H and O–H groups in total. The molecular formula is C19H24N2O5S. The molecule has 2 aromatic rings. The maximum atomic E-state index is 12.5. The summed E-state index contributed by atoms with van der Waals surface area (Å²) in [7, 11) is 0.684. The molecule has 0 aromatic heterocycles. The molecule has 0 saturated heterocycles. The number of benzene rings is 2. The standard InChI is InChI=1S/C19H24N2O5S/c1-13-7-6-8-15(11-13)26-14(2)19(22)20-17-12-16(9-10-18(17)25-5)27(23,24)21(3)4/h6-12,14H,1-5H3,(H,20,22)/t14-/m1/s1. The highest BCUT2D eigenvalue weighted by atomic mass is 32.2. The van der Waals surface area contributed by atoms with Gasteiger partial charge in [0.2, 0.25) is 10.0 Å². The molecule has 1 amide bonds. The second-order valence-corrected chi connectivity index (χ2v) is 8.37. The SMILES string of the molecule is COc1ccc(S(=O)(=O)N(C)C)cc1NC(=O)[C@@H](C)Oc1cccc(C)c1. The molecule has 0 radical (unpaired) electrons. The molecular weight excluding hydrogens is 368 g/mol. The molecule has 0 heterocycles. The van der Waals surface area contributed by atoms with Gasteiger partial charge in [0.15, 0.2) is 6.10 Å². The Labute approximate surface area is 160 Å². The lowest BCUT2D eigenvalue weighted by Crippen LogP contribution is -2.30. The van der Waals surface area contributed by atoms with Gasteiger partial charge < -0.3 is 14.8 Å². The van der Waals surface area contributed by atoms with Crippen molar-refractivity contribution in [1.82, 2.24) is 4.31 Å². The van der Waals surface area contributed by atoms with Crippen molar-refractivity contribution in [3.63, 3.8) is 0 Å². The third kappa shape index (κ3) is 4.99. The molecule has 8 heteroatoms. The number of ether oxygens (including phenoxy) is 2. The lowest BCUT2D eigenvalue weighted by molar-refractivity contribution is -0.122. The molecule has 0 unspecified atom stereocenters. The first-order valence-electron chi connectivity index (χ1n) is 8.30. The molecule has 0 aliphatic rings. The molecule has 146 valence electrons. The zero-order valence-electron chi connectivity index (χ0n) is 16.0. The van der Waals surface area contributed by atoms with Gasteiger partial charge in [-0.2, -0.15) is 0 Å². The Morgan fingerprint density at radius 2 is 1.85 bits per heavy atom. The van der Waals surface area contributed by atoms with E-state index in [0.717, 1.165) is 9.87 Å². The number of rotatable bonds is 7. The third-order valence-electron chi connectivity index (χ3n) is 3.88. The Bertz CT molecular complexity index is 925. The number of carbonyl (C=O) groups excluding carboxylic acids is 1. The van der Waals surface area contributed by atoms with E-state index in [0.29, 0.717) is 11.5 Å². The van der Waals surface area contributed by atoms with E-state index in [-0.39, 0.29) is 10.6 Å². The minimum atomic E-state index is -3.64. The van der Waals surface area contributed by atoms with Gasteiger partial charge in [0, 0.05) is 14.1 Å². The number of nitrogens with zero attached hydrogens (tertiary/aromatic N) is 1. The van der Waals surface area contributed by atoms with E-state index >= 15 is 0 Å². The van der Waals surface area contributed by atoms with Gasteiger partial charge in [-0.15, -0.1) is 0 Å². The fraction of sp³-hybridized carbons (Fsp3) is 0.316. The number of methoxy groups -OCH3 is 1. The average Bonchev–Trinajstić information content (AvgIpc) is 2.61. The second-order valence-electron chi connectivity index (χ2n) is 6.22. The highest BCUT2D eigenvalue weighted by Gasteiger charge is 2.21. The van der Waals surface area contributed by atoms with Crippen molar-refractivity contribution in [1.29, 1.82) is 0 Å². The van der Waals surface area contributed by atoms with Gasteiger partial charge in [0.25, 0.3) is 5.91 Å². The van der Waals surface area contributed by atoms with E-state index < -0.39 is 22.0 Å². The number of hydrogen-bond acceptors (Lipinski definition) is 5. The fourth-order valence-electron chi connectivity index (χ4n) is 2.34. The largest absolute Gasteiger partial charge is 0.495 e. The topological polar surface area (TPSA) is 84.9 Å². The summed E-state index contributed by atoms with van der Waals surface area (Å²) in [6.07, 6.45) is -0.786. The van der Waals surface area contributed by atoms with Crippen LogP contribution >= 0.6 is 0 Å². The van der Waals surface area contributed by atoms with Crippen molar-refractivity contribution in [3.05, 3.63) is 48.0 Å². The van der Waals surface area contributed by atoms with Crippen molar-refractivity contribution in [2.75, 3.05) is 26.5 Å². The summed E-state index contributed by atoms with van der Waals surface area (Å²) in [4.78, 5) is 12.6. The smallest absolute Gasteiger partial charge is 0.265 e. The highest BCUT2D eigenvalue weighted by Crippen LogP contribution is 2.28. The van der Waals surface area contributed by atoms with Crippen molar-refractivity contribution in [2.24, 2.45) is 0 Å². The van der Waals surface area contributed by atoms with Crippen LogP contribution in [0.5, 0.6) is 11.5 Å². The lowest BCUT2D eigenvalue weighted by atomic mass is 10.2. The molecule has 2 aromatic carbocycles. The molecule has 0 aliphatic heterocycles. The minimum absolute atomic E-state index is 0.0517. The number of nitrogens with one attached hydrogen (secondary N) is 1. The van der Waals surface area contributed by atoms with Gasteiger partial charge in [-0.25, -0.2) is 12.7 Å². The Hall–Kier alpha value is -2.58. The lowest BCUT2D eigenvalue weighted by Gasteiger charge is -2.18. The Kier molecular flexibility index (Phi) is 6.45. The van der Waals surface area contributed by atoms with Gasteiger partial charge in [-0.3, -0.25) is 4.79 Å².